The monoisotopic (exact) mass is 874 g/mol. The Labute approximate surface area is 363 Å². The summed E-state index contributed by atoms with van der Waals surface area (Å²) in [5.74, 6) is -5.45. The van der Waals surface area contributed by atoms with E-state index in [0.717, 1.165) is 32.7 Å². The van der Waals surface area contributed by atoms with Crippen LogP contribution in [0.1, 0.15) is 102 Å². The van der Waals surface area contributed by atoms with Crippen LogP contribution in [0.3, 0.4) is 0 Å². The van der Waals surface area contributed by atoms with Gasteiger partial charge in [-0.3, -0.25) is 19.3 Å². The van der Waals surface area contributed by atoms with E-state index in [1.807, 2.05) is 6.92 Å². The maximum atomic E-state index is 14.3. The van der Waals surface area contributed by atoms with Crippen molar-refractivity contribution in [2.45, 2.75) is 186 Å². The van der Waals surface area contributed by atoms with Crippen molar-refractivity contribution in [3.05, 3.63) is 0 Å². The molecule has 17 nitrogen and oxygen atoms in total. The van der Waals surface area contributed by atoms with E-state index >= 15 is 0 Å². The molecule has 0 aromatic heterocycles. The first kappa shape index (κ1) is 51.8. The number of nitrogens with zero attached hydrogens (tertiary/aromatic N) is 3. The number of hydrogen-bond donors (Lipinski definition) is 5. The highest BCUT2D eigenvalue weighted by Crippen LogP contribution is 2.41. The maximum absolute atomic E-state index is 14.3. The summed E-state index contributed by atoms with van der Waals surface area (Å²) in [5.41, 5.74) is -5.01. The van der Waals surface area contributed by atoms with E-state index in [0.29, 0.717) is 6.42 Å². The number of amides is 1. The van der Waals surface area contributed by atoms with Gasteiger partial charge in [0.05, 0.1) is 60.2 Å². The molecule has 4 saturated heterocycles. The first-order valence-corrected chi connectivity index (χ1v) is 22.4. The molecule has 5 N–H and O–H groups in total. The number of hydrogen-bond acceptors (Lipinski definition) is 16. The van der Waals surface area contributed by atoms with Crippen LogP contribution in [0.25, 0.3) is 0 Å². The number of carbonyl (C=O) groups excluding carboxylic acids is 3. The molecule has 18 atom stereocenters. The molecule has 61 heavy (non-hydrogen) atoms. The lowest BCUT2D eigenvalue weighted by atomic mass is 9.74. The van der Waals surface area contributed by atoms with Gasteiger partial charge in [-0.25, -0.2) is 0 Å². The summed E-state index contributed by atoms with van der Waals surface area (Å²) < 4.78 is 37.5. The smallest absolute Gasteiger partial charge is 0.311 e. The predicted molar refractivity (Wildman–Crippen MR) is 224 cm³/mol. The van der Waals surface area contributed by atoms with Gasteiger partial charge in [0.25, 0.3) is 0 Å². The number of carbonyl (C=O) groups is 3. The first-order valence-electron chi connectivity index (χ1n) is 22.4. The second kappa shape index (κ2) is 21.0. The van der Waals surface area contributed by atoms with Crippen molar-refractivity contribution < 1.29 is 68.3 Å². The average Bonchev–Trinajstić information content (AvgIpc) is 3.21. The SMILES string of the molecule is CC[C@H]1OC(=O)[C@H](C)[C@@H](O[C@H]2C[C@@](C)(OC)[C@@H](O)[C@H](C)O2)[C@H](C)[C@@H](O[C@@H]2O[C@H](C)C[C@H](N(C)C(=O)CN3CCN(CC)CC3)[C@H]2O)[C@@](C)(O)C[C@@H](C)C(=O)[C@H](C)[C@@H](O)[C@]1(C)O. The van der Waals surface area contributed by atoms with Crippen LogP contribution >= 0.6 is 0 Å². The van der Waals surface area contributed by atoms with E-state index in [2.05, 4.69) is 16.7 Å². The minimum Gasteiger partial charge on any atom is -0.459 e. The van der Waals surface area contributed by atoms with Crippen molar-refractivity contribution in [1.29, 1.82) is 0 Å². The van der Waals surface area contributed by atoms with Gasteiger partial charge in [-0.15, -0.1) is 0 Å². The first-order chi connectivity index (χ1) is 28.3. The quantitative estimate of drug-likeness (QED) is 0.196. The number of cyclic esters (lactones) is 1. The van der Waals surface area contributed by atoms with Crippen LogP contribution in [-0.2, 0) is 42.8 Å². The highest BCUT2D eigenvalue weighted by Gasteiger charge is 2.54. The topological polar surface area (TPSA) is 217 Å². The van der Waals surface area contributed by atoms with E-state index in [1.165, 1.54) is 27.9 Å². The number of ether oxygens (including phenoxy) is 6. The lowest BCUT2D eigenvalue weighted by molar-refractivity contribution is -0.317. The molecule has 0 saturated carbocycles. The molecule has 354 valence electrons. The zero-order valence-electron chi connectivity index (χ0n) is 39.0. The van der Waals surface area contributed by atoms with Crippen LogP contribution in [0.5, 0.6) is 0 Å². The lowest BCUT2D eigenvalue weighted by Crippen LogP contribution is -2.62. The summed E-state index contributed by atoms with van der Waals surface area (Å²) in [6.45, 7) is 22.6. The fraction of sp³-hybridized carbons (Fsp3) is 0.932. The molecule has 4 heterocycles. The Morgan fingerprint density at radius 1 is 0.869 bits per heavy atom. The van der Waals surface area contributed by atoms with E-state index in [-0.39, 0.29) is 31.7 Å². The van der Waals surface area contributed by atoms with Gasteiger partial charge in [-0.2, -0.15) is 0 Å². The van der Waals surface area contributed by atoms with Crippen molar-refractivity contribution in [3.8, 4) is 0 Å². The lowest BCUT2D eigenvalue weighted by Gasteiger charge is -2.49. The average molecular weight is 874 g/mol. The summed E-state index contributed by atoms with van der Waals surface area (Å²) in [6, 6.07) is -0.713. The Bertz CT molecular complexity index is 1460. The van der Waals surface area contributed by atoms with Crippen LogP contribution in [0.4, 0.5) is 0 Å². The highest BCUT2D eigenvalue weighted by atomic mass is 16.7. The Hall–Kier alpha value is -1.87. The third-order valence-corrected chi connectivity index (χ3v) is 14.3. The summed E-state index contributed by atoms with van der Waals surface area (Å²) >= 11 is 0. The minimum atomic E-state index is -2.03. The van der Waals surface area contributed by atoms with Gasteiger partial charge in [0.15, 0.2) is 12.6 Å². The van der Waals surface area contributed by atoms with Crippen LogP contribution < -0.4 is 0 Å². The summed E-state index contributed by atoms with van der Waals surface area (Å²) in [6.07, 6.45) is -11.1. The number of ketones is 1. The largest absolute Gasteiger partial charge is 0.459 e. The fourth-order valence-corrected chi connectivity index (χ4v) is 10.0. The Balaban J connectivity index is 1.75. The van der Waals surface area contributed by atoms with Crippen molar-refractivity contribution in [3.63, 3.8) is 0 Å². The molecule has 0 aromatic rings. The molecule has 4 aliphatic rings. The van der Waals surface area contributed by atoms with Crippen LogP contribution in [0.2, 0.25) is 0 Å². The Morgan fingerprint density at radius 2 is 1.48 bits per heavy atom. The molecule has 0 bridgehead atoms. The molecule has 1 amide bonds. The molecule has 4 fully saturated rings. The van der Waals surface area contributed by atoms with Gasteiger partial charge in [0.1, 0.15) is 29.7 Å². The second-order valence-electron chi connectivity index (χ2n) is 19.2. The maximum Gasteiger partial charge on any atom is 0.311 e. The Kier molecular flexibility index (Phi) is 17.8. The van der Waals surface area contributed by atoms with Gasteiger partial charge in [-0.05, 0) is 67.3 Å². The number of rotatable bonds is 10. The second-order valence-corrected chi connectivity index (χ2v) is 19.2. The number of aliphatic hydroxyl groups is 5. The predicted octanol–water partition coefficient (Wildman–Crippen LogP) is 1.32. The standard InChI is InChI=1S/C44H79N3O14/c1-14-31-44(11,55)37(51)26(5)34(49)24(3)21-42(9,54)39(27(6)36(28(7)40(53)59-31)60-33-22-43(10,56-13)38(52)29(8)58-33)61-41-35(50)30(20-25(4)57-41)45(12)32(48)23-47-18-16-46(15-2)17-19-47/h24-31,33,35-39,41,50-52,54-55H,14-23H2,1-13H3/t24-,25-,26+,27+,28-,29+,30+,31-,33+,35-,36+,37-,38+,39-,41+,42+,43-,44-/m1/s1. The summed E-state index contributed by atoms with van der Waals surface area (Å²) in [4.78, 5) is 48.0. The van der Waals surface area contributed by atoms with Crippen molar-refractivity contribution in [2.75, 3.05) is 53.4 Å². The number of piperazine rings is 1. The number of methoxy groups -OCH3 is 1. The minimum absolute atomic E-state index is 0.0577. The molecular formula is C44H79N3O14. The molecule has 17 heteroatoms. The van der Waals surface area contributed by atoms with Gasteiger partial charge < -0.3 is 63.8 Å². The van der Waals surface area contributed by atoms with Crippen molar-refractivity contribution in [2.24, 2.45) is 23.7 Å². The molecule has 0 aromatic carbocycles. The number of likely N-dealkylation sites (N-methyl/N-ethyl adjacent to an activating group) is 2. The van der Waals surface area contributed by atoms with Gasteiger partial charge in [-0.1, -0.05) is 34.6 Å². The van der Waals surface area contributed by atoms with E-state index in [4.69, 9.17) is 28.4 Å². The van der Waals surface area contributed by atoms with E-state index in [9.17, 15) is 39.9 Å². The summed E-state index contributed by atoms with van der Waals surface area (Å²) in [5, 5.41) is 58.7. The van der Waals surface area contributed by atoms with Crippen LogP contribution in [-0.4, -0.2) is 196 Å². The van der Waals surface area contributed by atoms with Crippen LogP contribution in [0.15, 0.2) is 0 Å². The third kappa shape index (κ3) is 11.7. The van der Waals surface area contributed by atoms with Crippen molar-refractivity contribution >= 4 is 17.7 Å². The van der Waals surface area contributed by atoms with Gasteiger partial charge >= 0.3 is 5.97 Å². The van der Waals surface area contributed by atoms with E-state index in [1.54, 1.807) is 53.5 Å². The Morgan fingerprint density at radius 3 is 2.05 bits per heavy atom. The molecule has 4 aliphatic heterocycles. The molecule has 0 aliphatic carbocycles. The number of Topliss-reactive ketones (excluding diaryl/α,β-unsaturated/α-hetero) is 1. The van der Waals surface area contributed by atoms with Gasteiger partial charge in [0, 0.05) is 64.5 Å². The zero-order valence-corrected chi connectivity index (χ0v) is 39.0. The van der Waals surface area contributed by atoms with Crippen LogP contribution in [0, 0.1) is 23.7 Å². The van der Waals surface area contributed by atoms with Gasteiger partial charge in [0.2, 0.25) is 5.91 Å². The number of aliphatic hydroxyl groups excluding tert-OH is 3. The third-order valence-electron chi connectivity index (χ3n) is 14.3. The molecule has 0 radical (unpaired) electrons. The van der Waals surface area contributed by atoms with Crippen molar-refractivity contribution in [1.82, 2.24) is 14.7 Å². The highest BCUT2D eigenvalue weighted by molar-refractivity contribution is 5.83. The molecule has 4 rings (SSSR count). The van der Waals surface area contributed by atoms with E-state index < -0.39 is 120 Å². The molecule has 0 spiro atoms. The normalized spacial score (nSPS) is 45.5. The number of esters is 1. The fourth-order valence-electron chi connectivity index (χ4n) is 10.0. The summed E-state index contributed by atoms with van der Waals surface area (Å²) in [7, 11) is 3.13. The molecule has 0 unspecified atom stereocenters. The molecular weight excluding hydrogens is 794 g/mol. The zero-order chi connectivity index (χ0) is 45.9.